The van der Waals surface area contributed by atoms with Gasteiger partial charge in [0.15, 0.2) is 6.29 Å². The molecule has 64 valence electrons. The molecule has 4 nitrogen and oxygen atoms in total. The number of aliphatic hydroxyl groups excluding tert-OH is 1. The van der Waals surface area contributed by atoms with Crippen molar-refractivity contribution in [2.45, 2.75) is 23.7 Å². The Kier molecular flexibility index (Phi) is 1.75. The quantitative estimate of drug-likeness (QED) is 0.551. The Hall–Kier alpha value is 0.0300. The monoisotopic (exact) mass is 178 g/mol. The average molecular weight is 178 g/mol. The zero-order chi connectivity index (χ0) is 8.01. The number of ether oxygens (including phenoxy) is 2. The second-order valence-electron chi connectivity index (χ2n) is 2.78. The van der Waals surface area contributed by atoms with Gasteiger partial charge in [-0.15, -0.1) is 0 Å². The third-order valence-electron chi connectivity index (χ3n) is 2.16. The van der Waals surface area contributed by atoms with Crippen LogP contribution in [0.3, 0.4) is 0 Å². The maximum absolute atomic E-state index is 11.0. The number of fused-ring (bicyclic) bond motifs is 1. The molecule has 2 aliphatic rings. The van der Waals surface area contributed by atoms with Gasteiger partial charge >= 0.3 is 0 Å². The molecule has 0 spiro atoms. The molecule has 0 saturated carbocycles. The minimum absolute atomic E-state index is 0.0456. The summed E-state index contributed by atoms with van der Waals surface area (Å²) in [5, 5.41) is 9.20. The van der Waals surface area contributed by atoms with Crippen molar-refractivity contribution in [2.24, 2.45) is 0 Å². The molecule has 0 amide bonds. The fourth-order valence-corrected chi connectivity index (χ4v) is 2.92. The lowest BCUT2D eigenvalue weighted by Gasteiger charge is -2.28. The van der Waals surface area contributed by atoms with Gasteiger partial charge in [0.2, 0.25) is 0 Å². The van der Waals surface area contributed by atoms with E-state index >= 15 is 0 Å². The highest BCUT2D eigenvalue weighted by atomic mass is 32.2. The van der Waals surface area contributed by atoms with Crippen LogP contribution in [0.25, 0.3) is 0 Å². The van der Waals surface area contributed by atoms with E-state index < -0.39 is 23.2 Å². The molecule has 2 unspecified atom stereocenters. The van der Waals surface area contributed by atoms with Gasteiger partial charge in [-0.2, -0.15) is 0 Å². The second-order valence-corrected chi connectivity index (χ2v) is 4.42. The Bertz CT molecular complexity index is 195. The molecule has 0 radical (unpaired) electrons. The van der Waals surface area contributed by atoms with Gasteiger partial charge in [0.1, 0.15) is 6.10 Å². The smallest absolute Gasteiger partial charge is 0.184 e. The first kappa shape index (κ1) is 7.67. The Labute approximate surface area is 66.9 Å². The van der Waals surface area contributed by atoms with E-state index in [9.17, 15) is 9.32 Å². The second kappa shape index (κ2) is 2.52. The molecular formula is C6H10O4S. The van der Waals surface area contributed by atoms with Crippen LogP contribution in [0.5, 0.6) is 0 Å². The molecule has 0 aromatic rings. The van der Waals surface area contributed by atoms with Crippen LogP contribution in [-0.4, -0.2) is 45.9 Å². The molecule has 2 heterocycles. The maximum Gasteiger partial charge on any atom is 0.184 e. The van der Waals surface area contributed by atoms with Crippen LogP contribution in [0.4, 0.5) is 0 Å². The molecule has 5 atom stereocenters. The molecule has 2 aliphatic heterocycles. The Morgan fingerprint density at radius 3 is 2.91 bits per heavy atom. The first-order valence-electron chi connectivity index (χ1n) is 3.47. The van der Waals surface area contributed by atoms with Crippen LogP contribution in [0, 0.1) is 0 Å². The van der Waals surface area contributed by atoms with Gasteiger partial charge in [-0.05, 0) is 0 Å². The maximum atomic E-state index is 11.0. The zero-order valence-corrected chi connectivity index (χ0v) is 6.91. The summed E-state index contributed by atoms with van der Waals surface area (Å²) < 4.78 is 21.1. The minimum atomic E-state index is -0.905. The van der Waals surface area contributed by atoms with Gasteiger partial charge in [-0.25, -0.2) is 0 Å². The van der Waals surface area contributed by atoms with Gasteiger partial charge in [0.05, 0.1) is 17.1 Å². The lowest BCUT2D eigenvalue weighted by molar-refractivity contribution is -0.144. The number of methoxy groups -OCH3 is 1. The first-order chi connectivity index (χ1) is 5.24. The van der Waals surface area contributed by atoms with E-state index in [0.29, 0.717) is 5.75 Å². The first-order valence-corrected chi connectivity index (χ1v) is 4.85. The van der Waals surface area contributed by atoms with E-state index in [4.69, 9.17) is 9.47 Å². The van der Waals surface area contributed by atoms with Gasteiger partial charge in [0.25, 0.3) is 0 Å². The molecule has 1 N–H and O–H groups in total. The summed E-state index contributed by atoms with van der Waals surface area (Å²) in [6, 6.07) is 0. The van der Waals surface area contributed by atoms with Gasteiger partial charge in [-0.1, -0.05) is 0 Å². The normalized spacial score (nSPS) is 55.3. The predicted octanol–water partition coefficient (Wildman–Crippen LogP) is -1.15. The van der Waals surface area contributed by atoms with Crippen molar-refractivity contribution in [1.29, 1.82) is 0 Å². The van der Waals surface area contributed by atoms with Crippen molar-refractivity contribution in [3.05, 3.63) is 0 Å². The SMILES string of the molecule is COC1O[C@@H]2CS(=O)[C@@H]2[C@H]1O. The average Bonchev–Trinajstić information content (AvgIpc) is 2.20. The van der Waals surface area contributed by atoms with Crippen molar-refractivity contribution in [3.8, 4) is 0 Å². The largest absolute Gasteiger partial charge is 0.386 e. The number of hydrogen-bond donors (Lipinski definition) is 1. The molecular weight excluding hydrogens is 168 g/mol. The molecule has 5 heteroatoms. The molecule has 0 aromatic heterocycles. The van der Waals surface area contributed by atoms with E-state index in [0.717, 1.165) is 0 Å². The Morgan fingerprint density at radius 2 is 2.45 bits per heavy atom. The highest BCUT2D eigenvalue weighted by Crippen LogP contribution is 2.33. The van der Waals surface area contributed by atoms with Gasteiger partial charge < -0.3 is 14.6 Å². The van der Waals surface area contributed by atoms with E-state index in [1.807, 2.05) is 0 Å². The number of aliphatic hydroxyl groups is 1. The number of rotatable bonds is 1. The molecule has 2 saturated heterocycles. The van der Waals surface area contributed by atoms with E-state index in [2.05, 4.69) is 0 Å². The fourth-order valence-electron chi connectivity index (χ4n) is 1.51. The van der Waals surface area contributed by atoms with Gasteiger partial charge in [0, 0.05) is 17.9 Å². The summed E-state index contributed by atoms with van der Waals surface area (Å²) in [4.78, 5) is 0. The molecule has 11 heavy (non-hydrogen) atoms. The third-order valence-corrected chi connectivity index (χ3v) is 4.00. The van der Waals surface area contributed by atoms with Crippen LogP contribution >= 0.6 is 0 Å². The lowest BCUT2D eigenvalue weighted by atomic mass is 10.2. The van der Waals surface area contributed by atoms with E-state index in [-0.39, 0.29) is 11.4 Å². The van der Waals surface area contributed by atoms with Crippen LogP contribution in [0.2, 0.25) is 0 Å². The molecule has 0 aromatic carbocycles. The van der Waals surface area contributed by atoms with Crippen LogP contribution in [-0.2, 0) is 20.3 Å². The molecule has 0 aliphatic carbocycles. The molecule has 2 rings (SSSR count). The van der Waals surface area contributed by atoms with Crippen molar-refractivity contribution >= 4 is 10.8 Å². The van der Waals surface area contributed by atoms with Crippen LogP contribution < -0.4 is 0 Å². The van der Waals surface area contributed by atoms with Crippen molar-refractivity contribution in [3.63, 3.8) is 0 Å². The third kappa shape index (κ3) is 0.955. The summed E-state index contributed by atoms with van der Waals surface area (Å²) in [5.74, 6) is 0.543. The van der Waals surface area contributed by atoms with Crippen LogP contribution in [0.1, 0.15) is 0 Å². The van der Waals surface area contributed by atoms with Crippen molar-refractivity contribution in [1.82, 2.24) is 0 Å². The topological polar surface area (TPSA) is 55.8 Å². The minimum Gasteiger partial charge on any atom is -0.386 e. The van der Waals surface area contributed by atoms with E-state index in [1.54, 1.807) is 0 Å². The Morgan fingerprint density at radius 1 is 1.73 bits per heavy atom. The highest BCUT2D eigenvalue weighted by Gasteiger charge is 2.54. The highest BCUT2D eigenvalue weighted by molar-refractivity contribution is 7.87. The standard InChI is InChI=1S/C6H10O4S/c1-9-6-4(7)5-3(10-6)2-11(5)8/h3-7H,2H2,1H3/t3-,4-,5+,6?,11?/m1/s1. The fraction of sp³-hybridized carbons (Fsp3) is 1.00. The predicted molar refractivity (Wildman–Crippen MR) is 38.5 cm³/mol. The van der Waals surface area contributed by atoms with Crippen LogP contribution in [0.15, 0.2) is 0 Å². The summed E-state index contributed by atoms with van der Waals surface area (Å²) in [6.45, 7) is 0. The summed E-state index contributed by atoms with van der Waals surface area (Å²) in [7, 11) is 0.569. The van der Waals surface area contributed by atoms with Crippen molar-refractivity contribution in [2.75, 3.05) is 12.9 Å². The van der Waals surface area contributed by atoms with E-state index in [1.165, 1.54) is 7.11 Å². The summed E-state index contributed by atoms with van der Waals surface area (Å²) >= 11 is 0. The Balaban J connectivity index is 2.09. The van der Waals surface area contributed by atoms with Gasteiger partial charge in [-0.3, -0.25) is 4.21 Å². The zero-order valence-electron chi connectivity index (χ0n) is 6.10. The summed E-state index contributed by atoms with van der Waals surface area (Å²) in [6.07, 6.45) is -1.33. The molecule has 0 bridgehead atoms. The lowest BCUT2D eigenvalue weighted by Crippen LogP contribution is -2.49. The molecule has 2 fully saturated rings. The number of hydrogen-bond acceptors (Lipinski definition) is 4. The van der Waals surface area contributed by atoms with Crippen molar-refractivity contribution < 1.29 is 18.8 Å². The summed E-state index contributed by atoms with van der Waals surface area (Å²) in [5.41, 5.74) is 0.